The van der Waals surface area contributed by atoms with Crippen molar-refractivity contribution >= 4 is 23.7 Å². The normalized spacial score (nSPS) is 23.2. The van der Waals surface area contributed by atoms with Crippen LogP contribution in [0.4, 0.5) is 0 Å². The van der Waals surface area contributed by atoms with E-state index in [4.69, 9.17) is 9.47 Å². The minimum Gasteiger partial charge on any atom is -0.508 e. The zero-order chi connectivity index (χ0) is 26.2. The Kier molecular flexibility index (Phi) is 8.85. The summed E-state index contributed by atoms with van der Waals surface area (Å²) < 4.78 is 10.4. The highest BCUT2D eigenvalue weighted by atomic mass is 16.5. The molecule has 5 N–H and O–H groups in total. The van der Waals surface area contributed by atoms with Gasteiger partial charge in [-0.05, 0) is 55.3 Å². The molecule has 0 spiro atoms. The van der Waals surface area contributed by atoms with Crippen LogP contribution in [0.25, 0.3) is 0 Å². The molecular weight excluding hydrogens is 470 g/mol. The van der Waals surface area contributed by atoms with E-state index in [9.17, 15) is 29.4 Å². The van der Waals surface area contributed by atoms with E-state index in [0.717, 1.165) is 0 Å². The van der Waals surface area contributed by atoms with Crippen LogP contribution in [-0.4, -0.2) is 71.9 Å². The molecule has 0 aliphatic carbocycles. The number of esters is 1. The summed E-state index contributed by atoms with van der Waals surface area (Å²) in [5.41, 5.74) is 0.954. The molecule has 1 saturated heterocycles. The van der Waals surface area contributed by atoms with Crippen LogP contribution in [0, 0.1) is 0 Å². The van der Waals surface area contributed by atoms with Gasteiger partial charge in [-0.15, -0.1) is 0 Å². The van der Waals surface area contributed by atoms with Gasteiger partial charge in [-0.3, -0.25) is 19.2 Å². The predicted molar refractivity (Wildman–Crippen MR) is 127 cm³/mol. The fourth-order valence-corrected chi connectivity index (χ4v) is 3.70. The average molecular weight is 500 g/mol. The van der Waals surface area contributed by atoms with E-state index in [1.54, 1.807) is 24.3 Å². The molecule has 1 fully saturated rings. The summed E-state index contributed by atoms with van der Waals surface area (Å²) in [4.78, 5) is 50.6. The Hall–Kier alpha value is -4.12. The van der Waals surface area contributed by atoms with Crippen LogP contribution in [0.1, 0.15) is 29.3 Å². The third-order valence-electron chi connectivity index (χ3n) is 5.71. The number of cyclic esters (lactones) is 1. The van der Waals surface area contributed by atoms with Crippen LogP contribution in [0.5, 0.6) is 11.5 Å². The van der Waals surface area contributed by atoms with E-state index in [1.807, 2.05) is 0 Å². The largest absolute Gasteiger partial charge is 0.508 e. The monoisotopic (exact) mass is 499 g/mol. The highest BCUT2D eigenvalue weighted by Crippen LogP contribution is 2.16. The third kappa shape index (κ3) is 7.19. The van der Waals surface area contributed by atoms with Crippen LogP contribution in [0.15, 0.2) is 48.5 Å². The molecule has 0 saturated carbocycles. The Morgan fingerprint density at radius 3 is 2.42 bits per heavy atom. The lowest BCUT2D eigenvalue weighted by Gasteiger charge is -2.28. The number of phenolic OH excluding ortho intramolecular Hbond substituents is 1. The number of hydrogen-bond donors (Lipinski definition) is 5. The number of aliphatic hydroxyl groups excluding tert-OH is 1. The zero-order valence-electron chi connectivity index (χ0n) is 19.9. The molecule has 1 aliphatic heterocycles. The Bertz CT molecular complexity index is 1090. The van der Waals surface area contributed by atoms with Crippen molar-refractivity contribution in [1.29, 1.82) is 0 Å². The SMILES string of the molecule is COc1ccc(C(=O)N[C@@H]2C(=O)NCC(=O)NC(Cc3ccc(O)cc3)[C@@H](O)CC(=O)O[C@H]2C)cc1. The molecule has 3 amide bonds. The number of ether oxygens (including phenoxy) is 2. The lowest BCUT2D eigenvalue weighted by Crippen LogP contribution is -2.56. The zero-order valence-corrected chi connectivity index (χ0v) is 19.9. The van der Waals surface area contributed by atoms with Gasteiger partial charge in [0.25, 0.3) is 5.91 Å². The molecule has 0 radical (unpaired) electrons. The maximum atomic E-state index is 12.8. The number of carbonyl (C=O) groups excluding carboxylic acids is 4. The number of aliphatic hydroxyl groups is 1. The second kappa shape index (κ2) is 12.0. The smallest absolute Gasteiger partial charge is 0.308 e. The maximum Gasteiger partial charge on any atom is 0.308 e. The van der Waals surface area contributed by atoms with E-state index in [1.165, 1.54) is 38.3 Å². The number of amides is 3. The molecule has 3 rings (SSSR count). The van der Waals surface area contributed by atoms with E-state index in [0.29, 0.717) is 11.3 Å². The lowest BCUT2D eigenvalue weighted by molar-refractivity contribution is -0.154. The molecule has 1 unspecified atom stereocenters. The number of hydrogen-bond acceptors (Lipinski definition) is 8. The Morgan fingerprint density at radius 2 is 1.78 bits per heavy atom. The second-order valence-corrected chi connectivity index (χ2v) is 8.41. The number of methoxy groups -OCH3 is 1. The van der Waals surface area contributed by atoms with Crippen LogP contribution >= 0.6 is 0 Å². The Morgan fingerprint density at radius 1 is 1.11 bits per heavy atom. The number of phenols is 1. The minimum absolute atomic E-state index is 0.0657. The maximum absolute atomic E-state index is 12.8. The first-order valence-electron chi connectivity index (χ1n) is 11.3. The molecule has 4 atom stereocenters. The van der Waals surface area contributed by atoms with Gasteiger partial charge in [0.2, 0.25) is 11.8 Å². The third-order valence-corrected chi connectivity index (χ3v) is 5.71. The van der Waals surface area contributed by atoms with Gasteiger partial charge in [0.15, 0.2) is 0 Å². The molecule has 36 heavy (non-hydrogen) atoms. The van der Waals surface area contributed by atoms with Crippen LogP contribution in [0.2, 0.25) is 0 Å². The number of aromatic hydroxyl groups is 1. The van der Waals surface area contributed by atoms with Gasteiger partial charge in [-0.1, -0.05) is 12.1 Å². The fourth-order valence-electron chi connectivity index (χ4n) is 3.70. The average Bonchev–Trinajstić information content (AvgIpc) is 2.85. The van der Waals surface area contributed by atoms with Gasteiger partial charge in [-0.25, -0.2) is 0 Å². The van der Waals surface area contributed by atoms with Crippen LogP contribution < -0.4 is 20.7 Å². The Labute approximate surface area is 207 Å². The summed E-state index contributed by atoms with van der Waals surface area (Å²) >= 11 is 0. The molecule has 0 bridgehead atoms. The van der Waals surface area contributed by atoms with Crippen molar-refractivity contribution in [2.75, 3.05) is 13.7 Å². The van der Waals surface area contributed by atoms with E-state index >= 15 is 0 Å². The van der Waals surface area contributed by atoms with E-state index in [-0.39, 0.29) is 17.7 Å². The van der Waals surface area contributed by atoms with Gasteiger partial charge >= 0.3 is 5.97 Å². The molecule has 11 nitrogen and oxygen atoms in total. The van der Waals surface area contributed by atoms with Gasteiger partial charge in [0.1, 0.15) is 23.6 Å². The van der Waals surface area contributed by atoms with Gasteiger partial charge in [0, 0.05) is 5.56 Å². The molecule has 1 aliphatic rings. The first-order valence-corrected chi connectivity index (χ1v) is 11.3. The van der Waals surface area contributed by atoms with Gasteiger partial charge < -0.3 is 35.6 Å². The molecule has 192 valence electrons. The number of carbonyl (C=O) groups is 4. The van der Waals surface area contributed by atoms with Crippen molar-refractivity contribution in [3.8, 4) is 11.5 Å². The lowest BCUT2D eigenvalue weighted by atomic mass is 9.98. The molecule has 2 aromatic rings. The summed E-state index contributed by atoms with van der Waals surface area (Å²) in [6.07, 6.45) is -2.66. The van der Waals surface area contributed by atoms with Crippen molar-refractivity contribution in [2.24, 2.45) is 0 Å². The fraction of sp³-hybridized carbons (Fsp3) is 0.360. The number of benzene rings is 2. The first kappa shape index (κ1) is 26.5. The summed E-state index contributed by atoms with van der Waals surface area (Å²) in [6, 6.07) is 10.2. The quantitative estimate of drug-likeness (QED) is 0.360. The number of nitrogens with one attached hydrogen (secondary N) is 3. The van der Waals surface area contributed by atoms with Crippen molar-refractivity contribution in [1.82, 2.24) is 16.0 Å². The van der Waals surface area contributed by atoms with Crippen LogP contribution in [0.3, 0.4) is 0 Å². The van der Waals surface area contributed by atoms with Crippen LogP contribution in [-0.2, 0) is 25.5 Å². The standard InChI is InChI=1S/C25H29N3O8/c1-14-23(28-24(33)16-5-9-18(35-2)10-6-16)25(34)26-13-21(31)27-19(20(30)12-22(32)36-14)11-15-3-7-17(29)8-4-15/h3-10,14,19-20,23,29-30H,11-13H2,1-2H3,(H,26,34)(H,27,31)(H,28,33)/t14-,19?,20-,23-/m0/s1. The molecule has 0 aromatic heterocycles. The summed E-state index contributed by atoms with van der Waals surface area (Å²) in [5.74, 6) is -2.10. The first-order chi connectivity index (χ1) is 17.2. The summed E-state index contributed by atoms with van der Waals surface area (Å²) in [6.45, 7) is 1.01. The van der Waals surface area contributed by atoms with Gasteiger partial charge in [-0.2, -0.15) is 0 Å². The van der Waals surface area contributed by atoms with Crippen molar-refractivity contribution in [2.45, 2.75) is 44.1 Å². The molecule has 1 heterocycles. The van der Waals surface area contributed by atoms with E-state index < -0.39 is 60.9 Å². The molecular formula is C25H29N3O8. The minimum atomic E-state index is -1.29. The van der Waals surface area contributed by atoms with E-state index in [2.05, 4.69) is 16.0 Å². The summed E-state index contributed by atoms with van der Waals surface area (Å²) in [5, 5.41) is 27.7. The van der Waals surface area contributed by atoms with Crippen molar-refractivity contribution in [3.05, 3.63) is 59.7 Å². The highest BCUT2D eigenvalue weighted by Gasteiger charge is 2.33. The molecule has 2 aromatic carbocycles. The summed E-state index contributed by atoms with van der Waals surface area (Å²) in [7, 11) is 1.49. The predicted octanol–water partition coefficient (Wildman–Crippen LogP) is 0.0392. The number of rotatable bonds is 5. The topological polar surface area (TPSA) is 163 Å². The van der Waals surface area contributed by atoms with Crippen molar-refractivity contribution in [3.63, 3.8) is 0 Å². The Balaban J connectivity index is 1.73. The second-order valence-electron chi connectivity index (χ2n) is 8.41. The van der Waals surface area contributed by atoms with Gasteiger partial charge in [0.05, 0.1) is 32.2 Å². The molecule has 11 heteroatoms. The van der Waals surface area contributed by atoms with Crippen molar-refractivity contribution < 1.29 is 38.9 Å². The highest BCUT2D eigenvalue weighted by molar-refractivity contribution is 5.98.